The Labute approximate surface area is 95.2 Å². The summed E-state index contributed by atoms with van der Waals surface area (Å²) in [7, 11) is -4.46. The van der Waals surface area contributed by atoms with Crippen LogP contribution in [0.25, 0.3) is 0 Å². The van der Waals surface area contributed by atoms with Crippen molar-refractivity contribution >= 4 is 25.0 Å². The number of ketones is 1. The maximum atomic E-state index is 11.2. The van der Waals surface area contributed by atoms with Gasteiger partial charge < -0.3 is 9.79 Å². The number of Topliss-reactive ketones (excluding diaryl/α,β-unsaturated/α-hetero) is 1. The van der Waals surface area contributed by atoms with Crippen LogP contribution in [0.15, 0.2) is 0 Å². The van der Waals surface area contributed by atoms with E-state index in [-0.39, 0.29) is 6.42 Å². The van der Waals surface area contributed by atoms with Crippen LogP contribution in [-0.4, -0.2) is 20.7 Å². The Morgan fingerprint density at radius 1 is 1.33 bits per heavy atom. The second-order valence-corrected chi connectivity index (χ2v) is 6.47. The second-order valence-electron chi connectivity index (χ2n) is 4.03. The topological polar surface area (TPSA) is 74.6 Å². The lowest BCUT2D eigenvalue weighted by Crippen LogP contribution is -2.14. The maximum Gasteiger partial charge on any atom is 0.350 e. The van der Waals surface area contributed by atoms with Gasteiger partial charge in [-0.1, -0.05) is 26.7 Å². The number of carbonyl (C=O) groups is 1. The van der Waals surface area contributed by atoms with Crippen molar-refractivity contribution in [2.75, 3.05) is 0 Å². The maximum absolute atomic E-state index is 11.2. The molecule has 0 aromatic heterocycles. The predicted molar refractivity (Wildman–Crippen MR) is 60.0 cm³/mol. The molecule has 6 heteroatoms. The number of hydrogen-bond donors (Lipinski definition) is 2. The van der Waals surface area contributed by atoms with Gasteiger partial charge >= 0.3 is 7.60 Å². The monoisotopic (exact) mass is 256 g/mol. The van der Waals surface area contributed by atoms with Crippen LogP contribution in [0, 0.1) is 5.92 Å². The lowest BCUT2D eigenvalue weighted by molar-refractivity contribution is -0.117. The number of alkyl halides is 1. The van der Waals surface area contributed by atoms with Gasteiger partial charge in [0.25, 0.3) is 0 Å². The smallest absolute Gasteiger partial charge is 0.323 e. The quantitative estimate of drug-likeness (QED) is 0.417. The molecule has 0 rings (SSSR count). The summed E-state index contributed by atoms with van der Waals surface area (Å²) in [5.41, 5.74) is 0. The molecule has 0 amide bonds. The van der Waals surface area contributed by atoms with Gasteiger partial charge in [-0.15, -0.1) is 11.6 Å². The van der Waals surface area contributed by atoms with Crippen LogP contribution in [0.5, 0.6) is 0 Å². The van der Waals surface area contributed by atoms with Crippen LogP contribution in [0.3, 0.4) is 0 Å². The molecule has 0 fully saturated rings. The van der Waals surface area contributed by atoms with E-state index >= 15 is 0 Å². The summed E-state index contributed by atoms with van der Waals surface area (Å²) in [4.78, 5) is 28.5. The van der Waals surface area contributed by atoms with Gasteiger partial charge in [-0.05, 0) is 12.3 Å². The van der Waals surface area contributed by atoms with Crippen LogP contribution in [-0.2, 0) is 9.36 Å². The molecular weight excluding hydrogens is 239 g/mol. The minimum Gasteiger partial charge on any atom is -0.323 e. The first-order chi connectivity index (χ1) is 6.75. The fourth-order valence-electron chi connectivity index (χ4n) is 1.16. The van der Waals surface area contributed by atoms with Crippen LogP contribution in [0.2, 0.25) is 0 Å². The Kier molecular flexibility index (Phi) is 6.69. The Balaban J connectivity index is 3.80. The molecule has 15 heavy (non-hydrogen) atoms. The first-order valence-electron chi connectivity index (χ1n) is 4.97. The van der Waals surface area contributed by atoms with Crippen LogP contribution < -0.4 is 0 Å². The average Bonchev–Trinajstić information content (AvgIpc) is 2.09. The minimum absolute atomic E-state index is 0.145. The number of halogens is 1. The van der Waals surface area contributed by atoms with Gasteiger partial charge in [0, 0.05) is 6.42 Å². The molecule has 1 atom stereocenters. The third kappa shape index (κ3) is 7.07. The standard InChI is InChI=1S/C9H18ClO4P/c1-7(2)5-3-4-6-8(11)9(10)15(12,13)14/h7,9H,3-6H2,1-2H3,(H2,12,13,14). The van der Waals surface area contributed by atoms with Gasteiger partial charge in [-0.2, -0.15) is 0 Å². The van der Waals surface area contributed by atoms with Gasteiger partial charge in [0.15, 0.2) is 10.9 Å². The van der Waals surface area contributed by atoms with Crippen molar-refractivity contribution in [1.29, 1.82) is 0 Å². The average molecular weight is 257 g/mol. The molecule has 0 saturated carbocycles. The van der Waals surface area contributed by atoms with E-state index in [0.717, 1.165) is 12.8 Å². The van der Waals surface area contributed by atoms with Crippen LogP contribution in [0.4, 0.5) is 0 Å². The number of unbranched alkanes of at least 4 members (excludes halogenated alkanes) is 1. The van der Waals surface area contributed by atoms with E-state index in [1.807, 2.05) is 0 Å². The largest absolute Gasteiger partial charge is 0.350 e. The molecule has 0 bridgehead atoms. The molecule has 0 aliphatic rings. The molecule has 0 aromatic carbocycles. The van der Waals surface area contributed by atoms with Gasteiger partial charge in [0.1, 0.15) is 0 Å². The van der Waals surface area contributed by atoms with Crippen molar-refractivity contribution < 1.29 is 19.1 Å². The number of rotatable bonds is 7. The highest BCUT2D eigenvalue weighted by Crippen LogP contribution is 2.44. The molecule has 0 radical (unpaired) electrons. The summed E-state index contributed by atoms with van der Waals surface area (Å²) in [5, 5.41) is -1.67. The predicted octanol–water partition coefficient (Wildman–Crippen LogP) is 2.51. The van der Waals surface area contributed by atoms with E-state index in [1.165, 1.54) is 0 Å². The minimum atomic E-state index is -4.46. The zero-order valence-corrected chi connectivity index (χ0v) is 10.7. The molecule has 0 aliphatic heterocycles. The number of hydrogen-bond acceptors (Lipinski definition) is 2. The fourth-order valence-corrected chi connectivity index (χ4v) is 1.77. The van der Waals surface area contributed by atoms with Gasteiger partial charge in [-0.25, -0.2) is 0 Å². The molecule has 1 unspecified atom stereocenters. The summed E-state index contributed by atoms with van der Waals surface area (Å²) >= 11 is 5.34. The van der Waals surface area contributed by atoms with Crippen molar-refractivity contribution in [2.24, 2.45) is 5.92 Å². The first kappa shape index (κ1) is 15.1. The third-order valence-corrected chi connectivity index (χ3v) is 3.90. The van der Waals surface area contributed by atoms with Crippen molar-refractivity contribution in [1.82, 2.24) is 0 Å². The first-order valence-corrected chi connectivity index (χ1v) is 7.09. The lowest BCUT2D eigenvalue weighted by Gasteiger charge is -2.10. The Morgan fingerprint density at radius 2 is 1.87 bits per heavy atom. The molecular formula is C9H18ClO4P. The van der Waals surface area contributed by atoms with E-state index in [2.05, 4.69) is 13.8 Å². The highest BCUT2D eigenvalue weighted by molar-refractivity contribution is 7.55. The summed E-state index contributed by atoms with van der Waals surface area (Å²) in [6, 6.07) is 0. The van der Waals surface area contributed by atoms with Crippen molar-refractivity contribution in [3.8, 4) is 0 Å². The normalized spacial score (nSPS) is 14.3. The molecule has 0 aromatic rings. The van der Waals surface area contributed by atoms with Crippen LogP contribution in [0.1, 0.15) is 39.5 Å². The highest BCUT2D eigenvalue weighted by Gasteiger charge is 2.32. The van der Waals surface area contributed by atoms with Crippen molar-refractivity contribution in [3.05, 3.63) is 0 Å². The Hall–Kier alpha value is 0.110. The Bertz CT molecular complexity index is 248. The fraction of sp³-hybridized carbons (Fsp3) is 0.889. The molecule has 4 nitrogen and oxygen atoms in total. The molecule has 90 valence electrons. The van der Waals surface area contributed by atoms with E-state index in [1.54, 1.807) is 0 Å². The number of carbonyl (C=O) groups excluding carboxylic acids is 1. The molecule has 0 saturated heterocycles. The molecule has 0 spiro atoms. The van der Waals surface area contributed by atoms with E-state index in [4.69, 9.17) is 21.4 Å². The zero-order valence-electron chi connectivity index (χ0n) is 9.02. The molecule has 2 N–H and O–H groups in total. The van der Waals surface area contributed by atoms with E-state index in [9.17, 15) is 9.36 Å². The second kappa shape index (κ2) is 6.64. The van der Waals surface area contributed by atoms with Gasteiger partial charge in [-0.3, -0.25) is 9.36 Å². The van der Waals surface area contributed by atoms with Gasteiger partial charge in [0.2, 0.25) is 0 Å². The van der Waals surface area contributed by atoms with E-state index in [0.29, 0.717) is 12.3 Å². The summed E-state index contributed by atoms with van der Waals surface area (Å²) in [6.45, 7) is 4.17. The lowest BCUT2D eigenvalue weighted by atomic mass is 10.0. The Morgan fingerprint density at radius 3 is 2.27 bits per heavy atom. The highest BCUT2D eigenvalue weighted by atomic mass is 35.5. The SMILES string of the molecule is CC(C)CCCCC(=O)C(Cl)P(=O)(O)O. The summed E-state index contributed by atoms with van der Waals surface area (Å²) in [6.07, 6.45) is 2.68. The van der Waals surface area contributed by atoms with Crippen molar-refractivity contribution in [3.63, 3.8) is 0 Å². The van der Waals surface area contributed by atoms with Crippen LogP contribution >= 0.6 is 19.2 Å². The summed E-state index contributed by atoms with van der Waals surface area (Å²) in [5.74, 6) is 0.0161. The van der Waals surface area contributed by atoms with E-state index < -0.39 is 18.5 Å². The third-order valence-electron chi connectivity index (χ3n) is 2.02. The van der Waals surface area contributed by atoms with Crippen molar-refractivity contribution in [2.45, 2.75) is 44.6 Å². The molecule has 0 heterocycles. The summed E-state index contributed by atoms with van der Waals surface area (Å²) < 4.78 is 10.7. The zero-order chi connectivity index (χ0) is 12.1. The van der Waals surface area contributed by atoms with Gasteiger partial charge in [0.05, 0.1) is 0 Å². The molecule has 0 aliphatic carbocycles.